The first-order valence-corrected chi connectivity index (χ1v) is 6.87. The number of carboxylic acids is 1. The molecule has 0 atom stereocenters. The van der Waals surface area contributed by atoms with E-state index in [2.05, 4.69) is 23.9 Å². The molecule has 0 bridgehead atoms. The van der Waals surface area contributed by atoms with E-state index in [9.17, 15) is 4.79 Å². The molecule has 3 N–H and O–H groups in total. The van der Waals surface area contributed by atoms with E-state index >= 15 is 0 Å². The maximum Gasteiger partial charge on any atom is 0.335 e. The van der Waals surface area contributed by atoms with Crippen molar-refractivity contribution in [2.75, 3.05) is 38.3 Å². The number of nitrogens with two attached hydrogens (primary N) is 1. The summed E-state index contributed by atoms with van der Waals surface area (Å²) in [5, 5.41) is 8.97. The van der Waals surface area contributed by atoms with Crippen LogP contribution in [0.3, 0.4) is 0 Å². The minimum atomic E-state index is -0.949. The van der Waals surface area contributed by atoms with Gasteiger partial charge in [0, 0.05) is 19.1 Å². The topological polar surface area (TPSA) is 69.8 Å². The third-order valence-electron chi connectivity index (χ3n) is 4.45. The fourth-order valence-electron chi connectivity index (χ4n) is 2.89. The smallest absolute Gasteiger partial charge is 0.335 e. The largest absolute Gasteiger partial charge is 0.478 e. The summed E-state index contributed by atoms with van der Waals surface area (Å²) in [6.07, 6.45) is 3.65. The molecule has 1 fully saturated rings. The molecule has 0 amide bonds. The van der Waals surface area contributed by atoms with E-state index < -0.39 is 5.97 Å². The van der Waals surface area contributed by atoms with Gasteiger partial charge in [-0.2, -0.15) is 0 Å². The van der Waals surface area contributed by atoms with Gasteiger partial charge >= 0.3 is 5.97 Å². The lowest BCUT2D eigenvalue weighted by Gasteiger charge is -2.49. The monoisotopic (exact) mass is 277 g/mol. The molecule has 0 radical (unpaired) electrons. The lowest BCUT2D eigenvalue weighted by atomic mass is 9.75. The predicted octanol–water partition coefficient (Wildman–Crippen LogP) is 1.89. The highest BCUT2D eigenvalue weighted by Crippen LogP contribution is 2.38. The standard InChI is InChI=1S/C15H23N3O2/c1-17(2)15(7-4-8-15)10-18(3)13-6-5-11(14(19)20)9-12(13)16/h5-6,9H,4,7-8,10,16H2,1-3H3,(H,19,20). The SMILES string of the molecule is CN(CC1(N(C)C)CCC1)c1ccc(C(=O)O)cc1N. The summed E-state index contributed by atoms with van der Waals surface area (Å²) < 4.78 is 0. The molecule has 1 aliphatic carbocycles. The number of carbonyl (C=O) groups is 1. The molecule has 1 saturated carbocycles. The first-order chi connectivity index (χ1) is 9.35. The van der Waals surface area contributed by atoms with Crippen LogP contribution in [-0.2, 0) is 0 Å². The molecule has 5 heteroatoms. The number of anilines is 2. The average molecular weight is 277 g/mol. The normalized spacial score (nSPS) is 16.8. The fraction of sp³-hybridized carbons (Fsp3) is 0.533. The Bertz CT molecular complexity index is 510. The van der Waals surface area contributed by atoms with E-state index in [0.29, 0.717) is 5.69 Å². The number of likely N-dealkylation sites (N-methyl/N-ethyl adjacent to an activating group) is 2. The van der Waals surface area contributed by atoms with Gasteiger partial charge in [-0.05, 0) is 51.6 Å². The molecule has 2 rings (SSSR count). The number of aromatic carboxylic acids is 1. The highest BCUT2D eigenvalue weighted by atomic mass is 16.4. The molecule has 1 aliphatic rings. The Morgan fingerprint density at radius 2 is 2.00 bits per heavy atom. The second-order valence-corrected chi connectivity index (χ2v) is 5.91. The van der Waals surface area contributed by atoms with Gasteiger partial charge < -0.3 is 20.6 Å². The Morgan fingerprint density at radius 1 is 1.35 bits per heavy atom. The number of nitrogens with zero attached hydrogens (tertiary/aromatic N) is 2. The van der Waals surface area contributed by atoms with Crippen LogP contribution in [0, 0.1) is 0 Å². The lowest BCUT2D eigenvalue weighted by Crippen LogP contribution is -2.56. The Balaban J connectivity index is 2.17. The Labute approximate surface area is 120 Å². The van der Waals surface area contributed by atoms with Crippen molar-refractivity contribution in [1.29, 1.82) is 0 Å². The van der Waals surface area contributed by atoms with Crippen molar-refractivity contribution in [2.45, 2.75) is 24.8 Å². The molecule has 1 aromatic rings. The predicted molar refractivity (Wildman–Crippen MR) is 81.4 cm³/mol. The minimum Gasteiger partial charge on any atom is -0.478 e. The van der Waals surface area contributed by atoms with Crippen LogP contribution >= 0.6 is 0 Å². The maximum absolute atomic E-state index is 10.9. The quantitative estimate of drug-likeness (QED) is 0.804. The summed E-state index contributed by atoms with van der Waals surface area (Å²) in [4.78, 5) is 15.3. The van der Waals surface area contributed by atoms with Crippen LogP contribution < -0.4 is 10.6 Å². The zero-order chi connectivity index (χ0) is 14.9. The van der Waals surface area contributed by atoms with Crippen LogP contribution in [0.5, 0.6) is 0 Å². The van der Waals surface area contributed by atoms with Crippen LogP contribution in [0.2, 0.25) is 0 Å². The van der Waals surface area contributed by atoms with Crippen LogP contribution in [0.4, 0.5) is 11.4 Å². The van der Waals surface area contributed by atoms with E-state index in [0.717, 1.165) is 12.2 Å². The van der Waals surface area contributed by atoms with Crippen molar-refractivity contribution < 1.29 is 9.90 Å². The van der Waals surface area contributed by atoms with E-state index in [4.69, 9.17) is 10.8 Å². The summed E-state index contributed by atoms with van der Waals surface area (Å²) in [5.41, 5.74) is 7.84. The molecule has 0 aliphatic heterocycles. The fourth-order valence-corrected chi connectivity index (χ4v) is 2.89. The van der Waals surface area contributed by atoms with E-state index in [1.165, 1.54) is 25.3 Å². The van der Waals surface area contributed by atoms with Crippen molar-refractivity contribution in [1.82, 2.24) is 4.90 Å². The Hall–Kier alpha value is -1.75. The maximum atomic E-state index is 10.9. The lowest BCUT2D eigenvalue weighted by molar-refractivity contribution is 0.0682. The molecule has 1 aromatic carbocycles. The number of carboxylic acid groups (broad SMARTS) is 1. The van der Waals surface area contributed by atoms with Gasteiger partial charge in [-0.3, -0.25) is 0 Å². The van der Waals surface area contributed by atoms with Crippen molar-refractivity contribution in [3.8, 4) is 0 Å². The number of rotatable bonds is 5. The van der Waals surface area contributed by atoms with Gasteiger partial charge in [-0.25, -0.2) is 4.79 Å². The molecule has 0 heterocycles. The first-order valence-electron chi connectivity index (χ1n) is 6.87. The molecule has 0 unspecified atom stereocenters. The minimum absolute atomic E-state index is 0.215. The number of benzene rings is 1. The third-order valence-corrected chi connectivity index (χ3v) is 4.45. The van der Waals surface area contributed by atoms with Crippen molar-refractivity contribution in [3.63, 3.8) is 0 Å². The number of hydrogen-bond acceptors (Lipinski definition) is 4. The second kappa shape index (κ2) is 5.32. The molecule has 5 nitrogen and oxygen atoms in total. The van der Waals surface area contributed by atoms with E-state index in [1.54, 1.807) is 12.1 Å². The highest BCUT2D eigenvalue weighted by molar-refractivity contribution is 5.90. The van der Waals surface area contributed by atoms with Gasteiger partial charge in [0.05, 0.1) is 16.9 Å². The Morgan fingerprint density at radius 3 is 2.40 bits per heavy atom. The summed E-state index contributed by atoms with van der Waals surface area (Å²) >= 11 is 0. The number of hydrogen-bond donors (Lipinski definition) is 2. The van der Waals surface area contributed by atoms with Gasteiger partial charge in [0.25, 0.3) is 0 Å². The van der Waals surface area contributed by atoms with Gasteiger partial charge in [0.15, 0.2) is 0 Å². The summed E-state index contributed by atoms with van der Waals surface area (Å²) in [5.74, 6) is -0.949. The number of nitrogen functional groups attached to an aromatic ring is 1. The zero-order valence-electron chi connectivity index (χ0n) is 12.4. The molecule has 0 aromatic heterocycles. The molecule has 0 saturated heterocycles. The van der Waals surface area contributed by atoms with E-state index in [-0.39, 0.29) is 11.1 Å². The highest BCUT2D eigenvalue weighted by Gasteiger charge is 2.40. The Kier molecular flexibility index (Phi) is 3.90. The molecule has 20 heavy (non-hydrogen) atoms. The summed E-state index contributed by atoms with van der Waals surface area (Å²) in [6, 6.07) is 4.92. The molecular formula is C15H23N3O2. The summed E-state index contributed by atoms with van der Waals surface area (Å²) in [7, 11) is 6.24. The van der Waals surface area contributed by atoms with Crippen molar-refractivity contribution >= 4 is 17.3 Å². The molecule has 110 valence electrons. The van der Waals surface area contributed by atoms with Gasteiger partial charge in [0.2, 0.25) is 0 Å². The van der Waals surface area contributed by atoms with Crippen molar-refractivity contribution in [3.05, 3.63) is 23.8 Å². The van der Waals surface area contributed by atoms with Gasteiger partial charge in [-0.1, -0.05) is 0 Å². The van der Waals surface area contributed by atoms with Crippen molar-refractivity contribution in [2.24, 2.45) is 0 Å². The average Bonchev–Trinajstić information content (AvgIpc) is 2.32. The van der Waals surface area contributed by atoms with Crippen LogP contribution in [0.25, 0.3) is 0 Å². The second-order valence-electron chi connectivity index (χ2n) is 5.91. The van der Waals surface area contributed by atoms with Crippen LogP contribution in [0.15, 0.2) is 18.2 Å². The molecular weight excluding hydrogens is 254 g/mol. The van der Waals surface area contributed by atoms with Gasteiger partial charge in [-0.15, -0.1) is 0 Å². The first kappa shape index (κ1) is 14.7. The van der Waals surface area contributed by atoms with Gasteiger partial charge in [0.1, 0.15) is 0 Å². The van der Waals surface area contributed by atoms with Crippen LogP contribution in [0.1, 0.15) is 29.6 Å². The van der Waals surface area contributed by atoms with Crippen LogP contribution in [-0.4, -0.2) is 49.2 Å². The zero-order valence-corrected chi connectivity index (χ0v) is 12.4. The summed E-state index contributed by atoms with van der Waals surface area (Å²) in [6.45, 7) is 0.899. The van der Waals surface area contributed by atoms with E-state index in [1.807, 2.05) is 7.05 Å². The third kappa shape index (κ3) is 2.58. The molecule has 0 spiro atoms.